The molecule has 0 saturated heterocycles. The van der Waals surface area contributed by atoms with E-state index in [9.17, 15) is 19.7 Å². The molecule has 8 heteroatoms. The average Bonchev–Trinajstić information content (AvgIpc) is 2.65. The number of carbonyl (C=O) groups excluding carboxylic acids is 2. The van der Waals surface area contributed by atoms with Crippen LogP contribution in [0.25, 0.3) is 0 Å². The molecule has 0 saturated carbocycles. The number of nitrogens with zero attached hydrogens (tertiary/aromatic N) is 1. The monoisotopic (exact) mass is 355 g/mol. The molecule has 2 rings (SSSR count). The van der Waals surface area contributed by atoms with E-state index >= 15 is 0 Å². The molecular formula is C18H17N3O5. The van der Waals surface area contributed by atoms with Crippen LogP contribution in [0.3, 0.4) is 0 Å². The van der Waals surface area contributed by atoms with Gasteiger partial charge in [0.2, 0.25) is 0 Å². The number of hydroxylamine groups is 1. The maximum absolute atomic E-state index is 11.8. The van der Waals surface area contributed by atoms with Crippen molar-refractivity contribution in [1.29, 1.82) is 0 Å². The number of carbonyl (C=O) groups is 2. The van der Waals surface area contributed by atoms with Crippen molar-refractivity contribution in [3.63, 3.8) is 0 Å². The van der Waals surface area contributed by atoms with E-state index in [-0.39, 0.29) is 11.3 Å². The van der Waals surface area contributed by atoms with Gasteiger partial charge in [-0.25, -0.2) is 4.79 Å². The normalized spacial score (nSPS) is 10.7. The van der Waals surface area contributed by atoms with Crippen LogP contribution in [0.2, 0.25) is 0 Å². The highest BCUT2D eigenvalue weighted by Gasteiger charge is 2.11. The molecule has 0 spiro atoms. The summed E-state index contributed by atoms with van der Waals surface area (Å²) in [4.78, 5) is 38.2. The summed E-state index contributed by atoms with van der Waals surface area (Å²) in [6.45, 7) is 2.24. The van der Waals surface area contributed by atoms with Gasteiger partial charge in [-0.2, -0.15) is 5.48 Å². The molecule has 0 aromatic heterocycles. The van der Waals surface area contributed by atoms with E-state index in [2.05, 4.69) is 10.2 Å². The quantitative estimate of drug-likeness (QED) is 0.468. The number of rotatable bonds is 6. The molecule has 26 heavy (non-hydrogen) atoms. The second-order valence-corrected chi connectivity index (χ2v) is 5.32. The zero-order chi connectivity index (χ0) is 18.9. The summed E-state index contributed by atoms with van der Waals surface area (Å²) in [5.74, 6) is -1.44. The molecule has 2 aromatic rings. The lowest BCUT2D eigenvalue weighted by atomic mass is 10.2. The van der Waals surface area contributed by atoms with E-state index in [0.717, 1.165) is 5.56 Å². The highest BCUT2D eigenvalue weighted by Crippen LogP contribution is 2.11. The summed E-state index contributed by atoms with van der Waals surface area (Å²) < 4.78 is 0. The van der Waals surface area contributed by atoms with Gasteiger partial charge in [-0.15, -0.1) is 0 Å². The lowest BCUT2D eigenvalue weighted by molar-refractivity contribution is -0.384. The molecule has 0 aliphatic carbocycles. The lowest BCUT2D eigenvalue weighted by Gasteiger charge is -2.07. The average molecular weight is 355 g/mol. The van der Waals surface area contributed by atoms with Crippen LogP contribution in [0, 0.1) is 10.1 Å². The van der Waals surface area contributed by atoms with Crippen molar-refractivity contribution in [2.75, 3.05) is 0 Å². The minimum absolute atomic E-state index is 0.131. The highest BCUT2D eigenvalue weighted by atomic mass is 16.7. The molecule has 0 aliphatic rings. The predicted octanol–water partition coefficient (Wildman–Crippen LogP) is 2.48. The number of benzene rings is 2. The van der Waals surface area contributed by atoms with E-state index in [1.165, 1.54) is 30.3 Å². The summed E-state index contributed by atoms with van der Waals surface area (Å²) in [5, 5.41) is 13.6. The van der Waals surface area contributed by atoms with Crippen LogP contribution >= 0.6 is 0 Å². The lowest BCUT2D eigenvalue weighted by Crippen LogP contribution is -2.26. The molecule has 0 heterocycles. The zero-order valence-electron chi connectivity index (χ0n) is 14.0. The Hall–Kier alpha value is -3.68. The van der Waals surface area contributed by atoms with Crippen LogP contribution in [0.1, 0.15) is 22.8 Å². The number of amides is 1. The van der Waals surface area contributed by atoms with Crippen LogP contribution in [-0.4, -0.2) is 16.8 Å². The number of hydrogen-bond acceptors (Lipinski definition) is 6. The Bertz CT molecular complexity index is 816. The zero-order valence-corrected chi connectivity index (χ0v) is 14.0. The Labute approximate surface area is 149 Å². The van der Waals surface area contributed by atoms with Gasteiger partial charge >= 0.3 is 5.97 Å². The molecule has 1 amide bonds. The van der Waals surface area contributed by atoms with Crippen LogP contribution < -0.4 is 10.8 Å². The van der Waals surface area contributed by atoms with Crippen molar-refractivity contribution in [3.05, 3.63) is 87.6 Å². The molecule has 134 valence electrons. The van der Waals surface area contributed by atoms with Gasteiger partial charge in [0.05, 0.1) is 4.92 Å². The van der Waals surface area contributed by atoms with E-state index in [4.69, 9.17) is 0 Å². The minimum Gasteiger partial charge on any atom is -0.384 e. The van der Waals surface area contributed by atoms with Crippen LogP contribution in [0.5, 0.6) is 0 Å². The van der Waals surface area contributed by atoms with Crippen LogP contribution in [0.15, 0.2) is 66.4 Å². The van der Waals surface area contributed by atoms with Crippen molar-refractivity contribution in [3.8, 4) is 0 Å². The van der Waals surface area contributed by atoms with Gasteiger partial charge < -0.3 is 10.2 Å². The first-order chi connectivity index (χ1) is 12.5. The number of hydrogen-bond donors (Lipinski definition) is 2. The Balaban J connectivity index is 1.81. The second-order valence-electron chi connectivity index (χ2n) is 5.32. The maximum Gasteiger partial charge on any atom is 0.357 e. The van der Waals surface area contributed by atoms with E-state index in [0.29, 0.717) is 12.2 Å². The van der Waals surface area contributed by atoms with E-state index in [1.807, 2.05) is 35.8 Å². The SMILES string of the molecule is C/C(=C/C(=O)ONC(=O)c1ccc([N+](=O)[O-])cc1)NCc1ccccc1. The number of non-ortho nitro benzene ring substituents is 1. The third-order valence-electron chi connectivity index (χ3n) is 3.33. The van der Waals surface area contributed by atoms with Gasteiger partial charge in [0.25, 0.3) is 11.6 Å². The van der Waals surface area contributed by atoms with Crippen molar-refractivity contribution in [1.82, 2.24) is 10.8 Å². The molecular weight excluding hydrogens is 338 g/mol. The third-order valence-corrected chi connectivity index (χ3v) is 3.33. The summed E-state index contributed by atoms with van der Waals surface area (Å²) in [6, 6.07) is 14.6. The molecule has 0 fully saturated rings. The first-order valence-corrected chi connectivity index (χ1v) is 7.67. The molecule has 2 aromatic carbocycles. The largest absolute Gasteiger partial charge is 0.384 e. The molecule has 0 bridgehead atoms. The summed E-state index contributed by atoms with van der Waals surface area (Å²) >= 11 is 0. The maximum atomic E-state index is 11.8. The predicted molar refractivity (Wildman–Crippen MR) is 93.7 cm³/mol. The van der Waals surface area contributed by atoms with Crippen LogP contribution in [-0.2, 0) is 16.2 Å². The number of nitro groups is 1. The first-order valence-electron chi connectivity index (χ1n) is 7.67. The highest BCUT2D eigenvalue weighted by molar-refractivity contribution is 5.95. The number of allylic oxidation sites excluding steroid dienone is 1. The van der Waals surface area contributed by atoms with Gasteiger partial charge in [-0.05, 0) is 24.6 Å². The Morgan fingerprint density at radius 3 is 2.38 bits per heavy atom. The van der Waals surface area contributed by atoms with Gasteiger partial charge in [0, 0.05) is 36.0 Å². The van der Waals surface area contributed by atoms with Gasteiger partial charge in [0.1, 0.15) is 0 Å². The Kier molecular flexibility index (Phi) is 6.44. The molecule has 0 radical (unpaired) electrons. The molecule has 0 aliphatic heterocycles. The third kappa shape index (κ3) is 5.75. The smallest absolute Gasteiger partial charge is 0.357 e. The van der Waals surface area contributed by atoms with Crippen molar-refractivity contribution >= 4 is 17.6 Å². The Morgan fingerprint density at radius 1 is 1.12 bits per heavy atom. The van der Waals surface area contributed by atoms with Gasteiger partial charge in [-0.3, -0.25) is 14.9 Å². The van der Waals surface area contributed by atoms with Crippen LogP contribution in [0.4, 0.5) is 5.69 Å². The van der Waals surface area contributed by atoms with Gasteiger partial charge in [0.15, 0.2) is 0 Å². The topological polar surface area (TPSA) is 111 Å². The summed E-state index contributed by atoms with van der Waals surface area (Å²) in [7, 11) is 0. The van der Waals surface area contributed by atoms with E-state index in [1.54, 1.807) is 6.92 Å². The van der Waals surface area contributed by atoms with Crippen molar-refractivity contribution < 1.29 is 19.3 Å². The fraction of sp³-hybridized carbons (Fsp3) is 0.111. The Morgan fingerprint density at radius 2 is 1.77 bits per heavy atom. The second kappa shape index (κ2) is 8.97. The molecule has 8 nitrogen and oxygen atoms in total. The first kappa shape index (κ1) is 18.7. The molecule has 0 unspecified atom stereocenters. The van der Waals surface area contributed by atoms with Crippen molar-refractivity contribution in [2.45, 2.75) is 13.5 Å². The summed E-state index contributed by atoms with van der Waals surface area (Å²) in [6.07, 6.45) is 1.21. The van der Waals surface area contributed by atoms with E-state index < -0.39 is 16.8 Å². The molecule has 0 atom stereocenters. The van der Waals surface area contributed by atoms with Gasteiger partial charge in [-0.1, -0.05) is 30.3 Å². The number of nitro benzene ring substituents is 1. The summed E-state index contributed by atoms with van der Waals surface area (Å²) in [5.41, 5.74) is 3.62. The van der Waals surface area contributed by atoms with Crippen molar-refractivity contribution in [2.24, 2.45) is 0 Å². The fourth-order valence-electron chi connectivity index (χ4n) is 1.98. The fourth-order valence-corrected chi connectivity index (χ4v) is 1.98. The standard InChI is InChI=1S/C18H17N3O5/c1-13(19-12-14-5-3-2-4-6-14)11-17(22)26-20-18(23)15-7-9-16(10-8-15)21(24)25/h2-11,19H,12H2,1H3,(H,20,23)/b13-11-. The number of nitrogens with one attached hydrogen (secondary N) is 2. The molecule has 2 N–H and O–H groups in total. The minimum atomic E-state index is -0.752.